The van der Waals surface area contributed by atoms with Gasteiger partial charge in [0, 0.05) is 23.5 Å². The summed E-state index contributed by atoms with van der Waals surface area (Å²) in [5.41, 5.74) is 1.57. The van der Waals surface area contributed by atoms with Gasteiger partial charge in [0.15, 0.2) is 0 Å². The molecule has 0 aliphatic heterocycles. The van der Waals surface area contributed by atoms with Crippen LogP contribution in [0, 0.1) is 16.7 Å². The van der Waals surface area contributed by atoms with Gasteiger partial charge in [-0.3, -0.25) is 0 Å². The molecule has 1 aliphatic carbocycles. The molecular weight excluding hydrogens is 276 g/mol. The lowest BCUT2D eigenvalue weighted by Crippen LogP contribution is -2.26. The summed E-state index contributed by atoms with van der Waals surface area (Å²) in [7, 11) is 0. The van der Waals surface area contributed by atoms with E-state index in [9.17, 15) is 0 Å². The number of halogens is 1. The van der Waals surface area contributed by atoms with Crippen LogP contribution in [-0.2, 0) is 0 Å². The molecule has 3 heteroatoms. The van der Waals surface area contributed by atoms with E-state index in [1.807, 2.05) is 0 Å². The third-order valence-corrected chi connectivity index (χ3v) is 4.09. The van der Waals surface area contributed by atoms with E-state index in [2.05, 4.69) is 58.5 Å². The van der Waals surface area contributed by atoms with Crippen molar-refractivity contribution in [3.8, 4) is 6.07 Å². The first-order valence-electron chi connectivity index (χ1n) is 6.01. The molecule has 1 aromatic carbocycles. The Hall–Kier alpha value is -0.850. The summed E-state index contributed by atoms with van der Waals surface area (Å²) >= 11 is 3.44. The van der Waals surface area contributed by atoms with Crippen LogP contribution in [0.2, 0.25) is 0 Å². The van der Waals surface area contributed by atoms with E-state index in [1.165, 1.54) is 18.4 Å². The summed E-state index contributed by atoms with van der Waals surface area (Å²) in [6, 6.07) is 11.0. The normalized spacial score (nSPS) is 18.4. The zero-order valence-corrected chi connectivity index (χ0v) is 11.6. The van der Waals surface area contributed by atoms with Crippen molar-refractivity contribution in [2.75, 3.05) is 6.54 Å². The maximum absolute atomic E-state index is 8.77. The van der Waals surface area contributed by atoms with Crippen molar-refractivity contribution < 1.29 is 0 Å². The summed E-state index contributed by atoms with van der Waals surface area (Å²) in [5.74, 6) is 0. The van der Waals surface area contributed by atoms with Gasteiger partial charge in [0.05, 0.1) is 6.07 Å². The molecule has 0 aromatic heterocycles. The van der Waals surface area contributed by atoms with Gasteiger partial charge in [0.25, 0.3) is 0 Å². The Labute approximate surface area is 111 Å². The van der Waals surface area contributed by atoms with E-state index >= 15 is 0 Å². The zero-order valence-electron chi connectivity index (χ0n) is 10.0. The summed E-state index contributed by atoms with van der Waals surface area (Å²) in [5, 5.41) is 12.3. The van der Waals surface area contributed by atoms with Crippen molar-refractivity contribution in [2.45, 2.75) is 32.2 Å². The van der Waals surface area contributed by atoms with Crippen LogP contribution in [-0.4, -0.2) is 6.54 Å². The minimum absolute atomic E-state index is 0.276. The first kappa shape index (κ1) is 12.6. The Kier molecular flexibility index (Phi) is 3.86. The van der Waals surface area contributed by atoms with Crippen LogP contribution in [0.15, 0.2) is 28.7 Å². The molecule has 1 aliphatic rings. The highest BCUT2D eigenvalue weighted by molar-refractivity contribution is 9.10. The average molecular weight is 293 g/mol. The molecule has 1 aromatic rings. The van der Waals surface area contributed by atoms with Crippen LogP contribution in [0.5, 0.6) is 0 Å². The molecular formula is C14H17BrN2. The van der Waals surface area contributed by atoms with Gasteiger partial charge in [-0.05, 0) is 42.9 Å². The molecule has 17 heavy (non-hydrogen) atoms. The van der Waals surface area contributed by atoms with E-state index in [0.717, 1.165) is 11.0 Å². The summed E-state index contributed by atoms with van der Waals surface area (Å²) < 4.78 is 1.11. The Bertz CT molecular complexity index is 415. The second-order valence-electron chi connectivity index (χ2n) is 4.99. The topological polar surface area (TPSA) is 35.8 Å². The maximum atomic E-state index is 8.77. The molecule has 0 amide bonds. The number of benzene rings is 1. The molecule has 0 spiro atoms. The lowest BCUT2D eigenvalue weighted by molar-refractivity contribution is 0.433. The second-order valence-corrected chi connectivity index (χ2v) is 5.90. The molecule has 2 rings (SSSR count). The highest BCUT2D eigenvalue weighted by Crippen LogP contribution is 2.48. The third-order valence-electron chi connectivity index (χ3n) is 3.56. The van der Waals surface area contributed by atoms with Crippen molar-refractivity contribution in [3.63, 3.8) is 0 Å². The van der Waals surface area contributed by atoms with Gasteiger partial charge < -0.3 is 5.32 Å². The van der Waals surface area contributed by atoms with Crippen LogP contribution >= 0.6 is 15.9 Å². The fourth-order valence-electron chi connectivity index (χ4n) is 2.00. The third kappa shape index (κ3) is 3.31. The van der Waals surface area contributed by atoms with E-state index in [4.69, 9.17) is 5.26 Å². The van der Waals surface area contributed by atoms with Gasteiger partial charge in [0.1, 0.15) is 0 Å². The Morgan fingerprint density at radius 1 is 1.41 bits per heavy atom. The maximum Gasteiger partial charge on any atom is 0.0628 e. The van der Waals surface area contributed by atoms with Crippen LogP contribution in [0.4, 0.5) is 0 Å². The highest BCUT2D eigenvalue weighted by Gasteiger charge is 2.42. The molecule has 2 nitrogen and oxygen atoms in total. The van der Waals surface area contributed by atoms with Gasteiger partial charge in [-0.15, -0.1) is 0 Å². The molecule has 1 unspecified atom stereocenters. The van der Waals surface area contributed by atoms with E-state index in [1.54, 1.807) is 0 Å². The van der Waals surface area contributed by atoms with Gasteiger partial charge in [-0.25, -0.2) is 0 Å². The summed E-state index contributed by atoms with van der Waals surface area (Å²) in [4.78, 5) is 0. The van der Waals surface area contributed by atoms with E-state index in [0.29, 0.717) is 12.5 Å². The Morgan fingerprint density at radius 2 is 2.06 bits per heavy atom. The molecule has 0 saturated heterocycles. The van der Waals surface area contributed by atoms with Crippen molar-refractivity contribution in [1.29, 1.82) is 5.26 Å². The minimum Gasteiger partial charge on any atom is -0.310 e. The van der Waals surface area contributed by atoms with Crippen molar-refractivity contribution in [3.05, 3.63) is 34.3 Å². The average Bonchev–Trinajstić information content (AvgIpc) is 3.08. The lowest BCUT2D eigenvalue weighted by atomic mass is 10.0. The van der Waals surface area contributed by atoms with Gasteiger partial charge in [-0.2, -0.15) is 5.26 Å². The summed E-state index contributed by atoms with van der Waals surface area (Å²) in [6.45, 7) is 3.13. The number of nitrogens with zero attached hydrogens (tertiary/aromatic N) is 1. The second kappa shape index (κ2) is 5.20. The van der Waals surface area contributed by atoms with E-state index in [-0.39, 0.29) is 5.41 Å². The zero-order chi connectivity index (χ0) is 12.3. The fourth-order valence-corrected chi connectivity index (χ4v) is 2.26. The molecule has 1 fully saturated rings. The molecule has 1 atom stereocenters. The SMILES string of the molecule is CC(NCC1(CC#N)CC1)c1ccc(Br)cc1. The van der Waals surface area contributed by atoms with Gasteiger partial charge in [0.2, 0.25) is 0 Å². The first-order valence-corrected chi connectivity index (χ1v) is 6.80. The number of rotatable bonds is 5. The van der Waals surface area contributed by atoms with Crippen molar-refractivity contribution >= 4 is 15.9 Å². The predicted octanol–water partition coefficient (Wildman–Crippen LogP) is 3.79. The van der Waals surface area contributed by atoms with Crippen molar-refractivity contribution in [1.82, 2.24) is 5.32 Å². The van der Waals surface area contributed by atoms with Crippen LogP contribution < -0.4 is 5.32 Å². The predicted molar refractivity (Wildman–Crippen MR) is 72.5 cm³/mol. The first-order chi connectivity index (χ1) is 8.15. The number of hydrogen-bond acceptors (Lipinski definition) is 2. The number of nitriles is 1. The van der Waals surface area contributed by atoms with Gasteiger partial charge in [-0.1, -0.05) is 28.1 Å². The minimum atomic E-state index is 0.276. The summed E-state index contributed by atoms with van der Waals surface area (Å²) in [6.07, 6.45) is 3.08. The fraction of sp³-hybridized carbons (Fsp3) is 0.500. The molecule has 0 heterocycles. The molecule has 0 radical (unpaired) electrons. The largest absolute Gasteiger partial charge is 0.310 e. The Balaban J connectivity index is 1.87. The molecule has 1 saturated carbocycles. The lowest BCUT2D eigenvalue weighted by Gasteiger charge is -2.18. The number of hydrogen-bond donors (Lipinski definition) is 1. The van der Waals surface area contributed by atoms with Crippen LogP contribution in [0.25, 0.3) is 0 Å². The quantitative estimate of drug-likeness (QED) is 0.896. The molecule has 1 N–H and O–H groups in total. The van der Waals surface area contributed by atoms with Crippen molar-refractivity contribution in [2.24, 2.45) is 5.41 Å². The highest BCUT2D eigenvalue weighted by atomic mass is 79.9. The standard InChI is InChI=1S/C14H17BrN2/c1-11(12-2-4-13(15)5-3-12)17-10-14(6-7-14)8-9-16/h2-5,11,17H,6-8,10H2,1H3. The Morgan fingerprint density at radius 3 is 2.59 bits per heavy atom. The smallest absolute Gasteiger partial charge is 0.0628 e. The monoisotopic (exact) mass is 292 g/mol. The van der Waals surface area contributed by atoms with Gasteiger partial charge >= 0.3 is 0 Å². The molecule has 0 bridgehead atoms. The molecule has 90 valence electrons. The van der Waals surface area contributed by atoms with Crippen LogP contribution in [0.1, 0.15) is 37.8 Å². The van der Waals surface area contributed by atoms with Crippen LogP contribution in [0.3, 0.4) is 0 Å². The van der Waals surface area contributed by atoms with E-state index < -0.39 is 0 Å². The number of nitrogens with one attached hydrogen (secondary N) is 1.